The molecule has 222 valence electrons. The summed E-state index contributed by atoms with van der Waals surface area (Å²) < 4.78 is 55.3. The van der Waals surface area contributed by atoms with Crippen LogP contribution >= 0.6 is 0 Å². The molecule has 6 N–H and O–H groups in total. The van der Waals surface area contributed by atoms with Crippen LogP contribution in [0.25, 0.3) is 0 Å². The third-order valence-electron chi connectivity index (χ3n) is 6.28. The molecule has 3 aromatic carbocycles. The van der Waals surface area contributed by atoms with Crippen molar-refractivity contribution in [1.82, 2.24) is 9.80 Å². The van der Waals surface area contributed by atoms with Gasteiger partial charge in [0, 0.05) is 48.8 Å². The summed E-state index contributed by atoms with van der Waals surface area (Å²) in [5.74, 6) is 0.259. The van der Waals surface area contributed by atoms with Crippen molar-refractivity contribution in [3.8, 4) is 0 Å². The van der Waals surface area contributed by atoms with Gasteiger partial charge >= 0.3 is 12.1 Å². The van der Waals surface area contributed by atoms with Gasteiger partial charge in [0.1, 0.15) is 5.84 Å². The molecule has 0 aromatic heterocycles. The molecule has 14 nitrogen and oxygen atoms in total. The molecule has 0 saturated carbocycles. The summed E-state index contributed by atoms with van der Waals surface area (Å²) in [5.41, 5.74) is 1.50. The molecule has 3 aromatic rings. The summed E-state index contributed by atoms with van der Waals surface area (Å²) in [7, 11) is -6.58. The fraction of sp³-hybridized carbons (Fsp3) is 0.192. The Balaban J connectivity index is 1.33. The number of urea groups is 1. The largest absolute Gasteiger partial charge is 0.453 e. The number of carbonyl (C=O) groups excluding carboxylic acids is 2. The number of nitrogens with two attached hydrogens (primary N) is 1. The molecule has 0 aliphatic carbocycles. The molecule has 1 aliphatic rings. The molecule has 0 unspecified atom stereocenters. The Hall–Kier alpha value is -4.67. The average Bonchev–Trinajstić information content (AvgIpc) is 2.96. The number of carbonyl (C=O) groups is 2. The zero-order chi connectivity index (χ0) is 30.5. The van der Waals surface area contributed by atoms with Gasteiger partial charge in [-0.05, 0) is 60.7 Å². The van der Waals surface area contributed by atoms with Gasteiger partial charge in [0.15, 0.2) is 0 Å². The van der Waals surface area contributed by atoms with Gasteiger partial charge in [0.25, 0.3) is 10.0 Å². The van der Waals surface area contributed by atoms with E-state index in [4.69, 9.17) is 15.3 Å². The zero-order valence-electron chi connectivity index (χ0n) is 22.4. The van der Waals surface area contributed by atoms with E-state index in [9.17, 15) is 26.4 Å². The second-order valence-corrected chi connectivity index (χ2v) is 12.4. The van der Waals surface area contributed by atoms with Crippen molar-refractivity contribution in [2.75, 3.05) is 48.6 Å². The Bertz CT molecular complexity index is 1690. The van der Waals surface area contributed by atoms with Gasteiger partial charge in [-0.1, -0.05) is 12.1 Å². The molecule has 1 saturated heterocycles. The van der Waals surface area contributed by atoms with Gasteiger partial charge in [-0.15, -0.1) is 0 Å². The molecule has 1 fully saturated rings. The Labute approximate surface area is 243 Å². The highest BCUT2D eigenvalue weighted by molar-refractivity contribution is 7.92. The van der Waals surface area contributed by atoms with Crippen molar-refractivity contribution in [2.24, 2.45) is 5.14 Å². The number of rotatable bonds is 7. The van der Waals surface area contributed by atoms with Crippen LogP contribution in [0, 0.1) is 5.41 Å². The van der Waals surface area contributed by atoms with Crippen molar-refractivity contribution in [1.29, 1.82) is 5.41 Å². The number of hydrogen-bond acceptors (Lipinski definition) is 8. The summed E-state index contributed by atoms with van der Waals surface area (Å²) >= 11 is 0. The molecular formula is C26H29N7O7S2. The van der Waals surface area contributed by atoms with E-state index in [1.165, 1.54) is 55.6 Å². The molecule has 3 amide bonds. The first-order chi connectivity index (χ1) is 19.9. The van der Waals surface area contributed by atoms with Gasteiger partial charge < -0.3 is 25.2 Å². The van der Waals surface area contributed by atoms with Crippen LogP contribution in [0.3, 0.4) is 0 Å². The highest BCUT2D eigenvalue weighted by Crippen LogP contribution is 2.20. The standard InChI is InChI=1S/C26H29N7O7S2/c1-40-26(35)33-15-13-32(14-16-33)24(27)18-3-2-4-21(17-18)30-25(34)29-19-5-11-23(12-6-19)42(38,39)31-20-7-9-22(10-8-20)41(28,36)37/h2-12,17,27,31H,13-16H2,1H3,(H2,28,36,37)(H2,29,30,34). The number of ether oxygens (including phenoxy) is 1. The van der Waals surface area contributed by atoms with Crippen LogP contribution in [0.15, 0.2) is 82.6 Å². The first kappa shape index (κ1) is 30.3. The number of amidine groups is 1. The molecule has 1 aliphatic heterocycles. The van der Waals surface area contributed by atoms with E-state index in [0.29, 0.717) is 43.1 Å². The van der Waals surface area contributed by atoms with Crippen molar-refractivity contribution in [2.45, 2.75) is 9.79 Å². The van der Waals surface area contributed by atoms with E-state index in [1.54, 1.807) is 29.2 Å². The van der Waals surface area contributed by atoms with E-state index in [1.807, 2.05) is 4.90 Å². The molecule has 0 bridgehead atoms. The van der Waals surface area contributed by atoms with Crippen molar-refractivity contribution < 1.29 is 31.2 Å². The Morgan fingerprint density at radius 1 is 0.786 bits per heavy atom. The van der Waals surface area contributed by atoms with E-state index in [2.05, 4.69) is 15.4 Å². The predicted molar refractivity (Wildman–Crippen MR) is 157 cm³/mol. The fourth-order valence-electron chi connectivity index (χ4n) is 4.11. The lowest BCUT2D eigenvalue weighted by molar-refractivity contribution is 0.106. The number of nitrogens with zero attached hydrogens (tertiary/aromatic N) is 2. The van der Waals surface area contributed by atoms with Gasteiger partial charge in [0.05, 0.1) is 16.9 Å². The fourth-order valence-corrected chi connectivity index (χ4v) is 5.68. The van der Waals surface area contributed by atoms with Crippen LogP contribution in [0.2, 0.25) is 0 Å². The molecule has 0 radical (unpaired) electrons. The Kier molecular flexibility index (Phi) is 8.99. The lowest BCUT2D eigenvalue weighted by atomic mass is 10.1. The minimum Gasteiger partial charge on any atom is -0.453 e. The van der Waals surface area contributed by atoms with Gasteiger partial charge in [-0.2, -0.15) is 0 Å². The predicted octanol–water partition coefficient (Wildman–Crippen LogP) is 2.49. The Morgan fingerprint density at radius 3 is 1.93 bits per heavy atom. The van der Waals surface area contributed by atoms with E-state index in [-0.39, 0.29) is 21.3 Å². The van der Waals surface area contributed by atoms with Gasteiger partial charge in [-0.3, -0.25) is 10.1 Å². The lowest BCUT2D eigenvalue weighted by Crippen LogP contribution is -2.50. The number of anilines is 3. The smallest absolute Gasteiger partial charge is 0.409 e. The third kappa shape index (κ3) is 7.54. The maximum Gasteiger partial charge on any atom is 0.409 e. The Morgan fingerprint density at radius 2 is 1.33 bits per heavy atom. The van der Waals surface area contributed by atoms with Crippen molar-refractivity contribution >= 4 is 55.1 Å². The molecular weight excluding hydrogens is 586 g/mol. The maximum absolute atomic E-state index is 12.7. The summed E-state index contributed by atoms with van der Waals surface area (Å²) in [6, 6.07) is 16.6. The summed E-state index contributed by atoms with van der Waals surface area (Å²) in [4.78, 5) is 27.5. The first-order valence-electron chi connectivity index (χ1n) is 12.5. The van der Waals surface area contributed by atoms with Crippen LogP contribution in [0.4, 0.5) is 26.7 Å². The lowest BCUT2D eigenvalue weighted by Gasteiger charge is -2.35. The monoisotopic (exact) mass is 615 g/mol. The van der Waals surface area contributed by atoms with E-state index < -0.39 is 32.2 Å². The number of amides is 3. The molecule has 0 spiro atoms. The van der Waals surface area contributed by atoms with E-state index >= 15 is 0 Å². The van der Waals surface area contributed by atoms with Crippen LogP contribution in [0.1, 0.15) is 5.56 Å². The zero-order valence-corrected chi connectivity index (χ0v) is 24.0. The van der Waals surface area contributed by atoms with E-state index in [0.717, 1.165) is 0 Å². The molecule has 16 heteroatoms. The number of sulfonamides is 2. The summed E-state index contributed by atoms with van der Waals surface area (Å²) in [5, 5.41) is 18.9. The number of benzene rings is 3. The van der Waals surface area contributed by atoms with Crippen LogP contribution < -0.4 is 20.5 Å². The number of piperazine rings is 1. The maximum atomic E-state index is 12.7. The number of primary sulfonamides is 1. The minimum absolute atomic E-state index is 0.0809. The van der Waals surface area contributed by atoms with Crippen LogP contribution in [-0.2, 0) is 24.8 Å². The second kappa shape index (κ2) is 12.5. The molecule has 0 atom stereocenters. The van der Waals surface area contributed by atoms with Crippen molar-refractivity contribution in [3.63, 3.8) is 0 Å². The quantitative estimate of drug-likeness (QED) is 0.197. The second-order valence-electron chi connectivity index (χ2n) is 9.15. The normalized spacial score (nSPS) is 13.7. The van der Waals surface area contributed by atoms with Gasteiger partial charge in [0.2, 0.25) is 10.0 Å². The first-order valence-corrected chi connectivity index (χ1v) is 15.5. The summed E-state index contributed by atoms with van der Waals surface area (Å²) in [6.07, 6.45) is -0.401. The number of nitrogens with one attached hydrogen (secondary N) is 4. The molecule has 42 heavy (non-hydrogen) atoms. The average molecular weight is 616 g/mol. The van der Waals surface area contributed by atoms with Crippen LogP contribution in [-0.4, -0.2) is 77.9 Å². The van der Waals surface area contributed by atoms with Gasteiger partial charge in [-0.25, -0.2) is 31.6 Å². The minimum atomic E-state index is -4.00. The summed E-state index contributed by atoms with van der Waals surface area (Å²) in [6.45, 7) is 1.80. The SMILES string of the molecule is COC(=O)N1CCN(C(=N)c2cccc(NC(=O)Nc3ccc(S(=O)(=O)Nc4ccc(S(N)(=O)=O)cc4)cc3)c2)CC1. The van der Waals surface area contributed by atoms with Crippen LogP contribution in [0.5, 0.6) is 0 Å². The highest BCUT2D eigenvalue weighted by atomic mass is 32.2. The van der Waals surface area contributed by atoms with Crippen molar-refractivity contribution in [3.05, 3.63) is 78.4 Å². The number of methoxy groups -OCH3 is 1. The molecule has 1 heterocycles. The number of hydrogen-bond donors (Lipinski definition) is 5. The third-order valence-corrected chi connectivity index (χ3v) is 8.61. The topological polar surface area (TPSA) is 204 Å². The highest BCUT2D eigenvalue weighted by Gasteiger charge is 2.23. The molecule has 4 rings (SSSR count).